The Balaban J connectivity index is 1.57. The fourth-order valence-corrected chi connectivity index (χ4v) is 3.29. The molecule has 3 atom stereocenters. The number of unbranched alkanes of at least 4 members (excludes halogenated alkanes) is 1. The maximum absolute atomic E-state index is 6.38. The van der Waals surface area contributed by atoms with Crippen molar-refractivity contribution in [1.29, 1.82) is 0 Å². The van der Waals surface area contributed by atoms with Crippen LogP contribution in [0.4, 0.5) is 0 Å². The molecular weight excluding hydrogens is 352 g/mol. The molecule has 3 unspecified atom stereocenters. The first-order chi connectivity index (χ1) is 13.6. The zero-order valence-electron chi connectivity index (χ0n) is 17.2. The number of ether oxygens (including phenoxy) is 4. The highest BCUT2D eigenvalue weighted by Gasteiger charge is 2.42. The van der Waals surface area contributed by atoms with E-state index in [9.17, 15) is 0 Å². The molecule has 0 radical (unpaired) electrons. The lowest BCUT2D eigenvalue weighted by molar-refractivity contribution is -0.185. The van der Waals surface area contributed by atoms with Gasteiger partial charge in [-0.3, -0.25) is 0 Å². The molecule has 2 aromatic carbocycles. The average Bonchev–Trinajstić information content (AvgIpc) is 3.17. The summed E-state index contributed by atoms with van der Waals surface area (Å²) in [7, 11) is 0. The minimum Gasteiger partial charge on any atom is -0.491 e. The van der Waals surface area contributed by atoms with Gasteiger partial charge in [-0.05, 0) is 44.0 Å². The summed E-state index contributed by atoms with van der Waals surface area (Å²) in [6.45, 7) is 7.37. The summed E-state index contributed by atoms with van der Waals surface area (Å²) in [5.41, 5.74) is 1.08. The van der Waals surface area contributed by atoms with Crippen molar-refractivity contribution in [2.24, 2.45) is 0 Å². The van der Waals surface area contributed by atoms with Gasteiger partial charge < -0.3 is 18.9 Å². The summed E-state index contributed by atoms with van der Waals surface area (Å²) >= 11 is 0. The summed E-state index contributed by atoms with van der Waals surface area (Å²) in [5, 5.41) is 0. The minimum absolute atomic E-state index is 0.0897. The molecule has 1 aliphatic rings. The van der Waals surface area contributed by atoms with E-state index in [0.717, 1.165) is 42.7 Å². The predicted molar refractivity (Wildman–Crippen MR) is 111 cm³/mol. The van der Waals surface area contributed by atoms with Crippen LogP contribution < -0.4 is 9.47 Å². The van der Waals surface area contributed by atoms with Gasteiger partial charge in [-0.1, -0.05) is 50.6 Å². The summed E-state index contributed by atoms with van der Waals surface area (Å²) in [5.74, 6) is 1.02. The van der Waals surface area contributed by atoms with Crippen LogP contribution in [0.3, 0.4) is 0 Å². The molecule has 0 N–H and O–H groups in total. The third-order valence-corrected chi connectivity index (χ3v) is 5.10. The second kappa shape index (κ2) is 9.94. The first kappa shape index (κ1) is 20.7. The summed E-state index contributed by atoms with van der Waals surface area (Å²) < 4.78 is 24.3. The summed E-state index contributed by atoms with van der Waals surface area (Å²) in [4.78, 5) is 0. The van der Waals surface area contributed by atoms with Crippen molar-refractivity contribution in [3.8, 4) is 11.5 Å². The van der Waals surface area contributed by atoms with Crippen molar-refractivity contribution < 1.29 is 18.9 Å². The van der Waals surface area contributed by atoms with E-state index >= 15 is 0 Å². The second-order valence-corrected chi connectivity index (χ2v) is 7.39. The Kier molecular flexibility index (Phi) is 7.35. The fraction of sp³-hybridized carbons (Fsp3) is 0.500. The van der Waals surface area contributed by atoms with Crippen molar-refractivity contribution >= 4 is 0 Å². The normalized spacial score (nSPS) is 22.8. The molecule has 2 aromatic rings. The standard InChI is InChI=1S/C24H32O4/c1-4-6-16-24(20-10-8-7-9-11-20)26-18-23(28-24)17-25-21-12-14-22(15-13-21)27-19(3)5-2/h7-15,19,23H,4-6,16-18H2,1-3H3. The van der Waals surface area contributed by atoms with E-state index in [4.69, 9.17) is 18.9 Å². The summed E-state index contributed by atoms with van der Waals surface area (Å²) in [6.07, 6.45) is 4.12. The lowest BCUT2D eigenvalue weighted by Crippen LogP contribution is -2.29. The number of hydrogen-bond acceptors (Lipinski definition) is 4. The molecule has 1 saturated heterocycles. The molecule has 28 heavy (non-hydrogen) atoms. The van der Waals surface area contributed by atoms with Crippen LogP contribution in [0.1, 0.15) is 52.0 Å². The van der Waals surface area contributed by atoms with Gasteiger partial charge in [0, 0.05) is 12.0 Å². The van der Waals surface area contributed by atoms with Gasteiger partial charge in [0.2, 0.25) is 0 Å². The Morgan fingerprint density at radius 3 is 2.43 bits per heavy atom. The predicted octanol–water partition coefficient (Wildman–Crippen LogP) is 5.70. The zero-order chi connectivity index (χ0) is 19.8. The van der Waals surface area contributed by atoms with Crippen LogP contribution in [0.2, 0.25) is 0 Å². The van der Waals surface area contributed by atoms with E-state index < -0.39 is 5.79 Å². The van der Waals surface area contributed by atoms with Crippen LogP contribution in [0.15, 0.2) is 54.6 Å². The van der Waals surface area contributed by atoms with Gasteiger partial charge in [-0.15, -0.1) is 0 Å². The van der Waals surface area contributed by atoms with Crippen LogP contribution >= 0.6 is 0 Å². The largest absolute Gasteiger partial charge is 0.491 e. The molecule has 0 aromatic heterocycles. The van der Waals surface area contributed by atoms with Crippen LogP contribution in [-0.2, 0) is 15.3 Å². The Morgan fingerprint density at radius 2 is 1.75 bits per heavy atom. The first-order valence-electron chi connectivity index (χ1n) is 10.4. The number of rotatable bonds is 10. The van der Waals surface area contributed by atoms with Crippen molar-refractivity contribution in [3.63, 3.8) is 0 Å². The molecule has 4 nitrogen and oxygen atoms in total. The fourth-order valence-electron chi connectivity index (χ4n) is 3.29. The third-order valence-electron chi connectivity index (χ3n) is 5.10. The van der Waals surface area contributed by atoms with Crippen molar-refractivity contribution in [3.05, 3.63) is 60.2 Å². The van der Waals surface area contributed by atoms with Crippen molar-refractivity contribution in [1.82, 2.24) is 0 Å². The minimum atomic E-state index is -0.653. The SMILES string of the molecule is CCCCC1(c2ccccc2)OCC(COc2ccc(OC(C)CC)cc2)O1. The maximum atomic E-state index is 6.38. The van der Waals surface area contributed by atoms with Crippen LogP contribution in [0, 0.1) is 0 Å². The highest BCUT2D eigenvalue weighted by atomic mass is 16.8. The average molecular weight is 385 g/mol. The number of hydrogen-bond donors (Lipinski definition) is 0. The Hall–Kier alpha value is -2.04. The molecule has 1 aliphatic heterocycles. The topological polar surface area (TPSA) is 36.9 Å². The maximum Gasteiger partial charge on any atom is 0.195 e. The third kappa shape index (κ3) is 5.27. The molecule has 0 bridgehead atoms. The highest BCUT2D eigenvalue weighted by Crippen LogP contribution is 2.38. The highest BCUT2D eigenvalue weighted by molar-refractivity contribution is 5.31. The van der Waals surface area contributed by atoms with Crippen LogP contribution in [-0.4, -0.2) is 25.4 Å². The first-order valence-corrected chi connectivity index (χ1v) is 10.4. The quantitative estimate of drug-likeness (QED) is 0.526. The van der Waals surface area contributed by atoms with Crippen LogP contribution in [0.5, 0.6) is 11.5 Å². The Morgan fingerprint density at radius 1 is 1.04 bits per heavy atom. The number of benzene rings is 2. The molecule has 0 spiro atoms. The van der Waals surface area contributed by atoms with Crippen LogP contribution in [0.25, 0.3) is 0 Å². The molecule has 1 heterocycles. The Bertz CT molecular complexity index is 700. The molecule has 0 saturated carbocycles. The van der Waals surface area contributed by atoms with Crippen molar-refractivity contribution in [2.45, 2.75) is 64.4 Å². The lowest BCUT2D eigenvalue weighted by Gasteiger charge is -2.28. The second-order valence-electron chi connectivity index (χ2n) is 7.39. The van der Waals surface area contributed by atoms with Gasteiger partial charge in [-0.25, -0.2) is 0 Å². The zero-order valence-corrected chi connectivity index (χ0v) is 17.2. The van der Waals surface area contributed by atoms with E-state index in [1.807, 2.05) is 42.5 Å². The van der Waals surface area contributed by atoms with Gasteiger partial charge in [0.1, 0.15) is 24.2 Å². The summed E-state index contributed by atoms with van der Waals surface area (Å²) in [6, 6.07) is 18.0. The molecule has 152 valence electrons. The van der Waals surface area contributed by atoms with E-state index in [-0.39, 0.29) is 12.2 Å². The molecule has 3 rings (SSSR count). The van der Waals surface area contributed by atoms with Gasteiger partial charge in [0.05, 0.1) is 12.7 Å². The van der Waals surface area contributed by atoms with Gasteiger partial charge in [0.25, 0.3) is 0 Å². The molecule has 0 amide bonds. The van der Waals surface area contributed by atoms with E-state index in [1.54, 1.807) is 0 Å². The molecule has 4 heteroatoms. The Labute approximate surface area is 168 Å². The van der Waals surface area contributed by atoms with E-state index in [2.05, 4.69) is 32.9 Å². The molecule has 0 aliphatic carbocycles. The van der Waals surface area contributed by atoms with Gasteiger partial charge in [0.15, 0.2) is 5.79 Å². The monoisotopic (exact) mass is 384 g/mol. The smallest absolute Gasteiger partial charge is 0.195 e. The molecule has 1 fully saturated rings. The lowest BCUT2D eigenvalue weighted by atomic mass is 10.00. The van der Waals surface area contributed by atoms with Crippen molar-refractivity contribution in [2.75, 3.05) is 13.2 Å². The van der Waals surface area contributed by atoms with Gasteiger partial charge >= 0.3 is 0 Å². The van der Waals surface area contributed by atoms with E-state index in [1.165, 1.54) is 0 Å². The van der Waals surface area contributed by atoms with E-state index in [0.29, 0.717) is 13.2 Å². The molecular formula is C24H32O4. The van der Waals surface area contributed by atoms with Gasteiger partial charge in [-0.2, -0.15) is 0 Å².